The predicted molar refractivity (Wildman–Crippen MR) is 93.1 cm³/mol. The Hall–Kier alpha value is -3.72. The van der Waals surface area contributed by atoms with Gasteiger partial charge in [-0.3, -0.25) is 4.98 Å². The van der Waals surface area contributed by atoms with Crippen molar-refractivity contribution in [2.24, 2.45) is 0 Å². The molecule has 0 saturated carbocycles. The van der Waals surface area contributed by atoms with E-state index in [4.69, 9.17) is 5.11 Å². The van der Waals surface area contributed by atoms with Crippen LogP contribution >= 0.6 is 0 Å². The Balaban J connectivity index is 2.16. The first kappa shape index (κ1) is 17.1. The summed E-state index contributed by atoms with van der Waals surface area (Å²) in [6, 6.07) is 12.6. The maximum atomic E-state index is 13.2. The Bertz CT molecular complexity index is 1050. The maximum Gasteiger partial charge on any atom is 0.339 e. The first-order valence-electron chi connectivity index (χ1n) is 7.64. The standard InChI is InChI=1S/C20H13FN2O3/c1-11-6-13(17-8-16(20(25)26)18(24)10-23-17)7-14(9-22)19(11)12-2-4-15(21)5-3-12/h2-8,10,24H,1H3,(H,25,26). The van der Waals surface area contributed by atoms with E-state index in [1.165, 1.54) is 18.2 Å². The molecule has 6 heteroatoms. The van der Waals surface area contributed by atoms with Gasteiger partial charge in [0.2, 0.25) is 0 Å². The number of nitrogens with zero attached hydrogens (tertiary/aromatic N) is 2. The number of aromatic hydroxyl groups is 1. The van der Waals surface area contributed by atoms with Gasteiger partial charge in [0.25, 0.3) is 0 Å². The fourth-order valence-corrected chi connectivity index (χ4v) is 2.80. The average Bonchev–Trinajstić information content (AvgIpc) is 2.62. The lowest BCUT2D eigenvalue weighted by molar-refractivity contribution is 0.0693. The molecule has 0 bridgehead atoms. The highest BCUT2D eigenvalue weighted by molar-refractivity contribution is 5.92. The summed E-state index contributed by atoms with van der Waals surface area (Å²) in [5.41, 5.74) is 3.10. The molecule has 3 aromatic rings. The molecule has 0 aliphatic heterocycles. The summed E-state index contributed by atoms with van der Waals surface area (Å²) in [4.78, 5) is 15.2. The van der Waals surface area contributed by atoms with Crippen LogP contribution < -0.4 is 0 Å². The molecule has 0 unspecified atom stereocenters. The number of rotatable bonds is 3. The predicted octanol–water partition coefficient (Wildman–Crippen LogP) is 4.14. The Morgan fingerprint density at radius 2 is 1.85 bits per heavy atom. The van der Waals surface area contributed by atoms with E-state index in [1.54, 1.807) is 24.3 Å². The minimum Gasteiger partial charge on any atom is -0.505 e. The first-order chi connectivity index (χ1) is 12.4. The third-order valence-electron chi connectivity index (χ3n) is 4.00. The van der Waals surface area contributed by atoms with Crippen LogP contribution in [0.25, 0.3) is 22.4 Å². The largest absolute Gasteiger partial charge is 0.505 e. The zero-order valence-corrected chi connectivity index (χ0v) is 13.7. The number of carboxylic acids is 1. The summed E-state index contributed by atoms with van der Waals surface area (Å²) >= 11 is 0. The highest BCUT2D eigenvalue weighted by Crippen LogP contribution is 2.32. The number of hydrogen-bond acceptors (Lipinski definition) is 4. The van der Waals surface area contributed by atoms with Gasteiger partial charge < -0.3 is 10.2 Å². The molecule has 0 aliphatic rings. The molecule has 0 radical (unpaired) electrons. The van der Waals surface area contributed by atoms with E-state index in [-0.39, 0.29) is 11.4 Å². The van der Waals surface area contributed by atoms with Crippen LogP contribution in [0.1, 0.15) is 21.5 Å². The minimum atomic E-state index is -1.27. The number of aromatic nitrogens is 1. The van der Waals surface area contributed by atoms with Gasteiger partial charge in [-0.15, -0.1) is 0 Å². The van der Waals surface area contributed by atoms with Gasteiger partial charge in [0.15, 0.2) is 0 Å². The molecule has 128 valence electrons. The van der Waals surface area contributed by atoms with Gasteiger partial charge in [-0.05, 0) is 48.4 Å². The van der Waals surface area contributed by atoms with Gasteiger partial charge in [0, 0.05) is 11.1 Å². The van der Waals surface area contributed by atoms with Gasteiger partial charge in [0.1, 0.15) is 17.1 Å². The topological polar surface area (TPSA) is 94.2 Å². The summed E-state index contributed by atoms with van der Waals surface area (Å²) in [5.74, 6) is -2.07. The van der Waals surface area contributed by atoms with Gasteiger partial charge in [-0.1, -0.05) is 12.1 Å². The molecule has 0 aliphatic carbocycles. The van der Waals surface area contributed by atoms with E-state index in [0.29, 0.717) is 27.9 Å². The fraction of sp³-hybridized carbons (Fsp3) is 0.0500. The molecule has 26 heavy (non-hydrogen) atoms. The van der Waals surface area contributed by atoms with Crippen LogP contribution in [0.15, 0.2) is 48.7 Å². The molecular weight excluding hydrogens is 335 g/mol. The summed E-state index contributed by atoms with van der Waals surface area (Å²) in [7, 11) is 0. The molecule has 5 nitrogen and oxygen atoms in total. The number of carboxylic acid groups (broad SMARTS) is 1. The Kier molecular flexibility index (Phi) is 4.38. The fourth-order valence-electron chi connectivity index (χ4n) is 2.80. The number of hydrogen-bond donors (Lipinski definition) is 2. The van der Waals surface area contributed by atoms with E-state index < -0.39 is 11.7 Å². The van der Waals surface area contributed by atoms with Crippen LogP contribution in [-0.4, -0.2) is 21.2 Å². The van der Waals surface area contributed by atoms with Crippen LogP contribution in [0.5, 0.6) is 5.75 Å². The van der Waals surface area contributed by atoms with Crippen molar-refractivity contribution >= 4 is 5.97 Å². The molecule has 0 saturated heterocycles. The molecule has 0 atom stereocenters. The van der Waals surface area contributed by atoms with Gasteiger partial charge in [0.05, 0.1) is 23.5 Å². The smallest absolute Gasteiger partial charge is 0.339 e. The number of pyridine rings is 1. The van der Waals surface area contributed by atoms with Crippen LogP contribution in [0.3, 0.4) is 0 Å². The summed E-state index contributed by atoms with van der Waals surface area (Å²) in [5, 5.41) is 28.3. The summed E-state index contributed by atoms with van der Waals surface area (Å²) in [6.45, 7) is 1.81. The molecule has 3 rings (SSSR count). The molecule has 2 aromatic carbocycles. The molecule has 2 N–H and O–H groups in total. The van der Waals surface area contributed by atoms with Crippen molar-refractivity contribution in [1.29, 1.82) is 5.26 Å². The molecule has 1 aromatic heterocycles. The van der Waals surface area contributed by atoms with Gasteiger partial charge >= 0.3 is 5.97 Å². The number of aryl methyl sites for hydroxylation is 1. The monoisotopic (exact) mass is 348 g/mol. The van der Waals surface area contributed by atoms with E-state index in [1.807, 2.05) is 6.92 Å². The van der Waals surface area contributed by atoms with Crippen molar-refractivity contribution in [2.45, 2.75) is 6.92 Å². The normalized spacial score (nSPS) is 10.3. The highest BCUT2D eigenvalue weighted by atomic mass is 19.1. The van der Waals surface area contributed by atoms with Crippen molar-refractivity contribution in [3.8, 4) is 34.2 Å². The Morgan fingerprint density at radius 1 is 1.15 bits per heavy atom. The lowest BCUT2D eigenvalue weighted by atomic mass is 9.92. The number of carbonyl (C=O) groups is 1. The number of benzene rings is 2. The zero-order valence-electron chi connectivity index (χ0n) is 13.7. The van der Waals surface area contributed by atoms with Crippen molar-refractivity contribution in [1.82, 2.24) is 4.98 Å². The summed E-state index contributed by atoms with van der Waals surface area (Å²) < 4.78 is 13.2. The summed E-state index contributed by atoms with van der Waals surface area (Å²) in [6.07, 6.45) is 1.06. The minimum absolute atomic E-state index is 0.270. The van der Waals surface area contributed by atoms with E-state index in [2.05, 4.69) is 11.1 Å². The van der Waals surface area contributed by atoms with Crippen LogP contribution in [0, 0.1) is 24.1 Å². The van der Waals surface area contributed by atoms with E-state index >= 15 is 0 Å². The molecule has 0 fully saturated rings. The molecule has 1 heterocycles. The molecule has 0 amide bonds. The van der Waals surface area contributed by atoms with E-state index in [0.717, 1.165) is 11.8 Å². The second-order valence-corrected chi connectivity index (χ2v) is 5.73. The third kappa shape index (κ3) is 3.10. The third-order valence-corrected chi connectivity index (χ3v) is 4.00. The van der Waals surface area contributed by atoms with Gasteiger partial charge in [-0.2, -0.15) is 5.26 Å². The molecular formula is C20H13FN2O3. The average molecular weight is 348 g/mol. The van der Waals surface area contributed by atoms with Crippen LogP contribution in [0.4, 0.5) is 4.39 Å². The first-order valence-corrected chi connectivity index (χ1v) is 7.64. The lowest BCUT2D eigenvalue weighted by Crippen LogP contribution is -1.99. The number of nitriles is 1. The van der Waals surface area contributed by atoms with Crippen LogP contribution in [-0.2, 0) is 0 Å². The quantitative estimate of drug-likeness (QED) is 0.742. The van der Waals surface area contributed by atoms with Crippen molar-refractivity contribution in [3.63, 3.8) is 0 Å². The zero-order chi connectivity index (χ0) is 18.8. The van der Waals surface area contributed by atoms with Gasteiger partial charge in [-0.25, -0.2) is 9.18 Å². The highest BCUT2D eigenvalue weighted by Gasteiger charge is 2.15. The SMILES string of the molecule is Cc1cc(-c2cc(C(=O)O)c(O)cn2)cc(C#N)c1-c1ccc(F)cc1. The van der Waals surface area contributed by atoms with E-state index in [9.17, 15) is 19.6 Å². The van der Waals surface area contributed by atoms with Crippen molar-refractivity contribution < 1.29 is 19.4 Å². The second kappa shape index (κ2) is 6.65. The molecule has 0 spiro atoms. The second-order valence-electron chi connectivity index (χ2n) is 5.73. The number of halogens is 1. The Labute approximate surface area is 148 Å². The maximum absolute atomic E-state index is 13.2. The number of aromatic carboxylic acids is 1. The van der Waals surface area contributed by atoms with Crippen molar-refractivity contribution in [3.05, 3.63) is 71.2 Å². The lowest BCUT2D eigenvalue weighted by Gasteiger charge is -2.12. The van der Waals surface area contributed by atoms with Crippen LogP contribution in [0.2, 0.25) is 0 Å². The Morgan fingerprint density at radius 3 is 2.46 bits per heavy atom. The van der Waals surface area contributed by atoms with Crippen molar-refractivity contribution in [2.75, 3.05) is 0 Å².